The van der Waals surface area contributed by atoms with Gasteiger partial charge in [-0.15, -0.1) is 0 Å². The second-order valence-electron chi connectivity index (χ2n) is 3.96. The first-order valence-corrected chi connectivity index (χ1v) is 7.53. The molecule has 0 unspecified atom stereocenters. The molecule has 0 saturated heterocycles. The number of halogens is 2. The second-order valence-corrected chi connectivity index (χ2v) is 5.25. The van der Waals surface area contributed by atoms with Crippen molar-refractivity contribution in [3.63, 3.8) is 0 Å². The molecule has 1 radical (unpaired) electrons. The Kier molecular flexibility index (Phi) is 14.8. The third kappa shape index (κ3) is 9.28. The van der Waals surface area contributed by atoms with Crippen molar-refractivity contribution in [1.29, 1.82) is 0 Å². The summed E-state index contributed by atoms with van der Waals surface area (Å²) in [5, 5.41) is 12.3. The summed E-state index contributed by atoms with van der Waals surface area (Å²) in [5.41, 5.74) is 14.0. The van der Waals surface area contributed by atoms with Gasteiger partial charge in [-0.3, -0.25) is 9.90 Å². The molecule has 0 atom stereocenters. The average Bonchev–Trinajstić information content (AvgIpc) is 2.45. The maximum absolute atomic E-state index is 11.8. The van der Waals surface area contributed by atoms with Crippen LogP contribution in [0.5, 0.6) is 5.75 Å². The topological polar surface area (TPSA) is 97.4 Å². The number of likely N-dealkylation sites (N-methyl/N-ethyl adjacent to an activating group) is 1. The van der Waals surface area contributed by atoms with E-state index in [0.29, 0.717) is 21.6 Å². The molecule has 123 valence electrons. The van der Waals surface area contributed by atoms with Crippen molar-refractivity contribution >= 4 is 33.7 Å². The van der Waals surface area contributed by atoms with Crippen LogP contribution in [0.2, 0.25) is 5.02 Å². The van der Waals surface area contributed by atoms with Gasteiger partial charge in [0.2, 0.25) is 0 Å². The molecule has 1 rings (SSSR count). The van der Waals surface area contributed by atoms with Crippen LogP contribution in [0.25, 0.3) is 16.0 Å². The molecule has 0 amide bonds. The first-order valence-electron chi connectivity index (χ1n) is 6.36. The monoisotopic (exact) mass is 431 g/mol. The van der Waals surface area contributed by atoms with Crippen LogP contribution in [-0.4, -0.2) is 37.3 Å². The molecule has 0 aliphatic heterocycles. The van der Waals surface area contributed by atoms with Crippen molar-refractivity contribution in [2.24, 2.45) is 4.99 Å². The maximum Gasteiger partial charge on any atom is 3.00 e. The van der Waals surface area contributed by atoms with Gasteiger partial charge < -0.3 is 21.1 Å². The molecule has 1 aromatic rings. The van der Waals surface area contributed by atoms with Crippen LogP contribution in [-0.2, 0) is 16.5 Å². The van der Waals surface area contributed by atoms with E-state index in [2.05, 4.69) is 39.7 Å². The predicted molar refractivity (Wildman–Crippen MR) is 88.9 cm³/mol. The number of benzene rings is 1. The normalized spacial score (nSPS) is 9.86. The molecule has 0 spiro atoms. The van der Waals surface area contributed by atoms with Gasteiger partial charge in [0, 0.05) is 22.3 Å². The zero-order valence-electron chi connectivity index (χ0n) is 12.3. The molecule has 1 aromatic carbocycles. The van der Waals surface area contributed by atoms with Gasteiger partial charge in [0.1, 0.15) is 0 Å². The number of nitrogens with zero attached hydrogens (tertiary/aromatic N) is 5. The molecule has 0 heterocycles. The van der Waals surface area contributed by atoms with Crippen LogP contribution >= 0.6 is 27.5 Å². The predicted octanol–water partition coefficient (Wildman–Crippen LogP) is 3.80. The summed E-state index contributed by atoms with van der Waals surface area (Å²) in [6, 6.07) is 3.23. The van der Waals surface area contributed by atoms with E-state index in [0.717, 1.165) is 19.6 Å². The molecule has 0 aliphatic rings. The third-order valence-electron chi connectivity index (χ3n) is 2.71. The van der Waals surface area contributed by atoms with Gasteiger partial charge in [0.25, 0.3) is 0 Å². The van der Waals surface area contributed by atoms with Crippen LogP contribution in [0.15, 0.2) is 21.6 Å². The third-order valence-corrected chi connectivity index (χ3v) is 3.51. The molecule has 9 heteroatoms. The van der Waals surface area contributed by atoms with Crippen LogP contribution in [0.4, 0.5) is 0 Å². The summed E-state index contributed by atoms with van der Waals surface area (Å²) in [6.45, 7) is 7.86. The van der Waals surface area contributed by atoms with Crippen LogP contribution in [0, 0.1) is 0 Å². The minimum atomic E-state index is -0.0778. The average molecular weight is 433 g/mol. The van der Waals surface area contributed by atoms with Crippen LogP contribution in [0.3, 0.4) is 0 Å². The van der Waals surface area contributed by atoms with Crippen molar-refractivity contribution in [2.45, 2.75) is 13.8 Å². The van der Waals surface area contributed by atoms with Crippen molar-refractivity contribution in [3.8, 4) is 5.75 Å². The molecule has 0 aromatic heterocycles. The Balaban J connectivity index is 0. The molecule has 6 nitrogen and oxygen atoms in total. The summed E-state index contributed by atoms with van der Waals surface area (Å²) in [7, 11) is 0. The molecule has 0 N–H and O–H groups in total. The second kappa shape index (κ2) is 13.9. The smallest absolute Gasteiger partial charge is 0.871 e. The van der Waals surface area contributed by atoms with Gasteiger partial charge in [-0.2, -0.15) is 0 Å². The minimum Gasteiger partial charge on any atom is -0.871 e. The van der Waals surface area contributed by atoms with Crippen molar-refractivity contribution in [1.82, 2.24) is 4.90 Å². The summed E-state index contributed by atoms with van der Waals surface area (Å²) < 4.78 is 0.472. The van der Waals surface area contributed by atoms with E-state index >= 15 is 0 Å². The molecule has 0 saturated carbocycles. The zero-order valence-corrected chi connectivity index (χ0v) is 15.6. The summed E-state index contributed by atoms with van der Waals surface area (Å²) >= 11 is 9.08. The van der Waals surface area contributed by atoms with E-state index in [-0.39, 0.29) is 22.2 Å². The largest absolute Gasteiger partial charge is 3.00 e. The Morgan fingerprint density at radius 1 is 1.36 bits per heavy atom. The van der Waals surface area contributed by atoms with Crippen molar-refractivity contribution < 1.29 is 21.6 Å². The van der Waals surface area contributed by atoms with E-state index in [1.165, 1.54) is 4.91 Å². The molecular formula is C13H17BrClN5NiO+. The van der Waals surface area contributed by atoms with Crippen LogP contribution in [0.1, 0.15) is 19.4 Å². The van der Waals surface area contributed by atoms with Gasteiger partial charge >= 0.3 is 16.5 Å². The Morgan fingerprint density at radius 2 is 1.91 bits per heavy atom. The van der Waals surface area contributed by atoms with Crippen molar-refractivity contribution in [3.05, 3.63) is 43.2 Å². The summed E-state index contributed by atoms with van der Waals surface area (Å²) in [6.07, 6.45) is 1.60. The minimum absolute atomic E-state index is 0. The quantitative estimate of drug-likeness (QED) is 0.224. The number of rotatable bonds is 6. The van der Waals surface area contributed by atoms with Crippen LogP contribution < -0.4 is 5.11 Å². The molecule has 0 fully saturated rings. The van der Waals surface area contributed by atoms with E-state index < -0.39 is 0 Å². The van der Waals surface area contributed by atoms with E-state index in [1.54, 1.807) is 18.3 Å². The Bertz CT molecular complexity index is 505. The van der Waals surface area contributed by atoms with E-state index in [4.69, 9.17) is 22.7 Å². The summed E-state index contributed by atoms with van der Waals surface area (Å²) in [5.74, 6) is -0.0778. The SMILES string of the molecule is CCN(CC)CCN=Cc1cc(Cl)cc(Br)c1[O-].[N-]=[N+]=[N-].[Ni+3]. The fourth-order valence-electron chi connectivity index (χ4n) is 1.58. The molecular weight excluding hydrogens is 416 g/mol. The van der Waals surface area contributed by atoms with Gasteiger partial charge in [0.05, 0.1) is 6.54 Å². The van der Waals surface area contributed by atoms with Crippen molar-refractivity contribution in [2.75, 3.05) is 26.2 Å². The molecule has 0 bridgehead atoms. The van der Waals surface area contributed by atoms with E-state index in [9.17, 15) is 5.11 Å². The Labute approximate surface area is 154 Å². The van der Waals surface area contributed by atoms with Gasteiger partial charge in [-0.25, -0.2) is 0 Å². The summed E-state index contributed by atoms with van der Waals surface area (Å²) in [4.78, 5) is 8.06. The molecule has 22 heavy (non-hydrogen) atoms. The number of hydrogen-bond donors (Lipinski definition) is 0. The number of aliphatic imine (C=N–C) groups is 1. The standard InChI is InChI=1S/C13H18BrClN2O.N3.Ni/c1-3-17(4-2)6-5-16-9-10-7-11(15)8-12(14)13(10)18;1-3-2;/h7-9,18H,3-6H2,1-2H3;;/q;-1;+3/p-1. The van der Waals surface area contributed by atoms with Gasteiger partial charge in [0.15, 0.2) is 0 Å². The zero-order chi connectivity index (χ0) is 16.3. The fraction of sp³-hybridized carbons (Fsp3) is 0.462. The van der Waals surface area contributed by atoms with E-state index in [1.807, 2.05) is 0 Å². The number of hydrogen-bond acceptors (Lipinski definition) is 3. The first-order chi connectivity index (χ1) is 9.99. The van der Waals surface area contributed by atoms with Gasteiger partial charge in [-0.1, -0.05) is 47.1 Å². The van der Waals surface area contributed by atoms with Gasteiger partial charge in [-0.05, 0) is 30.8 Å². The Morgan fingerprint density at radius 3 is 2.41 bits per heavy atom. The molecule has 0 aliphatic carbocycles. The maximum atomic E-state index is 11.8. The fourth-order valence-corrected chi connectivity index (χ4v) is 2.41. The Hall–Kier alpha value is -0.776. The first kappa shape index (κ1) is 23.5.